The molecule has 0 saturated carbocycles. The zero-order valence-corrected chi connectivity index (χ0v) is 12.9. The van der Waals surface area contributed by atoms with E-state index >= 15 is 0 Å². The molecule has 2 N–H and O–H groups in total. The predicted octanol–water partition coefficient (Wildman–Crippen LogP) is 3.14. The van der Waals surface area contributed by atoms with Crippen LogP contribution in [-0.4, -0.2) is 22.2 Å². The highest BCUT2D eigenvalue weighted by atomic mass is 16.5. The number of anilines is 3. The second kappa shape index (κ2) is 6.78. The maximum Gasteiger partial charge on any atom is 0.224 e. The molecule has 3 aromatic rings. The third kappa shape index (κ3) is 3.97. The molecule has 0 aliphatic rings. The van der Waals surface area contributed by atoms with Crippen LogP contribution >= 0.6 is 0 Å². The molecule has 1 aromatic carbocycles. The molecule has 0 bridgehead atoms. The van der Waals surface area contributed by atoms with Crippen LogP contribution < -0.4 is 15.4 Å². The van der Waals surface area contributed by atoms with Crippen LogP contribution in [0.4, 0.5) is 17.6 Å². The SMILES string of the molecule is COc1ccc(CNc2nccc(Nc3cc(C)on3)n2)cc1. The van der Waals surface area contributed by atoms with Gasteiger partial charge < -0.3 is 19.9 Å². The first-order valence-electron chi connectivity index (χ1n) is 7.13. The molecule has 0 atom stereocenters. The van der Waals surface area contributed by atoms with E-state index in [0.29, 0.717) is 24.1 Å². The second-order valence-electron chi connectivity index (χ2n) is 4.91. The number of benzene rings is 1. The Morgan fingerprint density at radius 2 is 1.96 bits per heavy atom. The zero-order valence-electron chi connectivity index (χ0n) is 12.9. The van der Waals surface area contributed by atoms with Gasteiger partial charge in [-0.2, -0.15) is 4.98 Å². The van der Waals surface area contributed by atoms with Gasteiger partial charge in [-0.25, -0.2) is 4.98 Å². The van der Waals surface area contributed by atoms with Crippen molar-refractivity contribution >= 4 is 17.6 Å². The van der Waals surface area contributed by atoms with E-state index in [2.05, 4.69) is 25.8 Å². The topological polar surface area (TPSA) is 85.1 Å². The first-order valence-corrected chi connectivity index (χ1v) is 7.13. The summed E-state index contributed by atoms with van der Waals surface area (Å²) in [6, 6.07) is 11.4. The van der Waals surface area contributed by atoms with Crippen molar-refractivity contribution in [2.24, 2.45) is 0 Å². The smallest absolute Gasteiger partial charge is 0.224 e. The summed E-state index contributed by atoms with van der Waals surface area (Å²) in [6.45, 7) is 2.45. The molecule has 0 fully saturated rings. The van der Waals surface area contributed by atoms with Gasteiger partial charge in [0, 0.05) is 18.8 Å². The van der Waals surface area contributed by atoms with Crippen molar-refractivity contribution in [2.45, 2.75) is 13.5 Å². The fourth-order valence-corrected chi connectivity index (χ4v) is 1.99. The maximum absolute atomic E-state index is 5.14. The van der Waals surface area contributed by atoms with Crippen molar-refractivity contribution in [2.75, 3.05) is 17.7 Å². The fourth-order valence-electron chi connectivity index (χ4n) is 1.99. The summed E-state index contributed by atoms with van der Waals surface area (Å²) in [7, 11) is 1.65. The molecular formula is C16H17N5O2. The Bertz CT molecular complexity index is 770. The quantitative estimate of drug-likeness (QED) is 0.723. The molecule has 0 aliphatic heterocycles. The Kier molecular flexibility index (Phi) is 4.37. The molecule has 0 unspecified atom stereocenters. The van der Waals surface area contributed by atoms with Crippen molar-refractivity contribution in [3.05, 3.63) is 53.9 Å². The Labute approximate surface area is 133 Å². The Balaban J connectivity index is 1.62. The predicted molar refractivity (Wildman–Crippen MR) is 86.9 cm³/mol. The molecule has 0 radical (unpaired) electrons. The summed E-state index contributed by atoms with van der Waals surface area (Å²) in [4.78, 5) is 8.59. The molecule has 7 nitrogen and oxygen atoms in total. The normalized spacial score (nSPS) is 10.3. The van der Waals surface area contributed by atoms with Crippen LogP contribution in [0.1, 0.15) is 11.3 Å². The maximum atomic E-state index is 5.14. The van der Waals surface area contributed by atoms with Crippen LogP contribution in [0.25, 0.3) is 0 Å². The number of hydrogen-bond acceptors (Lipinski definition) is 7. The number of rotatable bonds is 6. The van der Waals surface area contributed by atoms with Gasteiger partial charge in [0.25, 0.3) is 0 Å². The highest BCUT2D eigenvalue weighted by Crippen LogP contribution is 2.16. The van der Waals surface area contributed by atoms with E-state index in [1.54, 1.807) is 25.4 Å². The molecule has 0 spiro atoms. The van der Waals surface area contributed by atoms with Crippen LogP contribution in [0.15, 0.2) is 47.1 Å². The molecule has 23 heavy (non-hydrogen) atoms. The third-order valence-electron chi connectivity index (χ3n) is 3.15. The summed E-state index contributed by atoms with van der Waals surface area (Å²) in [5, 5.41) is 10.1. The average Bonchev–Trinajstić information content (AvgIpc) is 2.99. The molecule has 2 heterocycles. The van der Waals surface area contributed by atoms with Crippen LogP contribution in [0.3, 0.4) is 0 Å². The van der Waals surface area contributed by atoms with Crippen LogP contribution in [-0.2, 0) is 6.54 Å². The van der Waals surface area contributed by atoms with Crippen LogP contribution in [0.5, 0.6) is 5.75 Å². The summed E-state index contributed by atoms with van der Waals surface area (Å²) < 4.78 is 10.1. The van der Waals surface area contributed by atoms with E-state index < -0.39 is 0 Å². The summed E-state index contributed by atoms with van der Waals surface area (Å²) in [5.74, 6) is 3.36. The van der Waals surface area contributed by atoms with Gasteiger partial charge in [-0.15, -0.1) is 0 Å². The molecule has 0 aliphatic carbocycles. The summed E-state index contributed by atoms with van der Waals surface area (Å²) >= 11 is 0. The Morgan fingerprint density at radius 1 is 1.13 bits per heavy atom. The zero-order chi connectivity index (χ0) is 16.1. The number of nitrogens with zero attached hydrogens (tertiary/aromatic N) is 3. The van der Waals surface area contributed by atoms with Gasteiger partial charge >= 0.3 is 0 Å². The van der Waals surface area contributed by atoms with Gasteiger partial charge in [0.1, 0.15) is 17.3 Å². The molecule has 118 valence electrons. The third-order valence-corrected chi connectivity index (χ3v) is 3.15. The fraction of sp³-hybridized carbons (Fsp3) is 0.188. The number of hydrogen-bond donors (Lipinski definition) is 2. The monoisotopic (exact) mass is 311 g/mol. The van der Waals surface area contributed by atoms with E-state index in [4.69, 9.17) is 9.26 Å². The van der Waals surface area contributed by atoms with Crippen LogP contribution in [0.2, 0.25) is 0 Å². The molecule has 2 aromatic heterocycles. The minimum atomic E-state index is 0.533. The van der Waals surface area contributed by atoms with Crippen molar-refractivity contribution in [1.82, 2.24) is 15.1 Å². The Morgan fingerprint density at radius 3 is 2.65 bits per heavy atom. The molecule has 3 rings (SSSR count). The molecule has 7 heteroatoms. The van der Waals surface area contributed by atoms with E-state index in [0.717, 1.165) is 17.1 Å². The van der Waals surface area contributed by atoms with Gasteiger partial charge in [-0.3, -0.25) is 0 Å². The van der Waals surface area contributed by atoms with Gasteiger partial charge in [0.05, 0.1) is 7.11 Å². The van der Waals surface area contributed by atoms with Gasteiger partial charge in [-0.1, -0.05) is 17.3 Å². The Hall–Kier alpha value is -3.09. The van der Waals surface area contributed by atoms with E-state index in [9.17, 15) is 0 Å². The van der Waals surface area contributed by atoms with Crippen LogP contribution in [0, 0.1) is 6.92 Å². The largest absolute Gasteiger partial charge is 0.497 e. The average molecular weight is 311 g/mol. The lowest BCUT2D eigenvalue weighted by atomic mass is 10.2. The number of ether oxygens (including phenoxy) is 1. The second-order valence-corrected chi connectivity index (χ2v) is 4.91. The first kappa shape index (κ1) is 14.8. The van der Waals surface area contributed by atoms with Gasteiger partial charge in [0.2, 0.25) is 5.95 Å². The van der Waals surface area contributed by atoms with Gasteiger partial charge in [0.15, 0.2) is 5.82 Å². The van der Waals surface area contributed by atoms with Crippen molar-refractivity contribution in [3.8, 4) is 5.75 Å². The highest BCUT2D eigenvalue weighted by molar-refractivity contribution is 5.52. The first-order chi connectivity index (χ1) is 11.2. The number of methoxy groups -OCH3 is 1. The lowest BCUT2D eigenvalue weighted by Crippen LogP contribution is -2.05. The number of aryl methyl sites for hydroxylation is 1. The lowest BCUT2D eigenvalue weighted by Gasteiger charge is -2.07. The lowest BCUT2D eigenvalue weighted by molar-refractivity contribution is 0.400. The number of nitrogens with one attached hydrogen (secondary N) is 2. The summed E-state index contributed by atoms with van der Waals surface area (Å²) in [5.41, 5.74) is 1.11. The van der Waals surface area contributed by atoms with Gasteiger partial charge in [-0.05, 0) is 30.7 Å². The minimum Gasteiger partial charge on any atom is -0.497 e. The standard InChI is InChI=1S/C16H17N5O2/c1-11-9-15(21-23-11)19-14-7-8-17-16(20-14)18-10-12-3-5-13(22-2)6-4-12/h3-9H,10H2,1-2H3,(H2,17,18,19,20,21). The van der Waals surface area contributed by atoms with Crippen molar-refractivity contribution in [1.29, 1.82) is 0 Å². The molecule has 0 amide bonds. The molecular weight excluding hydrogens is 294 g/mol. The van der Waals surface area contributed by atoms with E-state index in [-0.39, 0.29) is 0 Å². The van der Waals surface area contributed by atoms with E-state index in [1.165, 1.54) is 0 Å². The number of aromatic nitrogens is 3. The van der Waals surface area contributed by atoms with Crippen molar-refractivity contribution < 1.29 is 9.26 Å². The van der Waals surface area contributed by atoms with E-state index in [1.807, 2.05) is 31.2 Å². The molecule has 0 saturated heterocycles. The summed E-state index contributed by atoms with van der Waals surface area (Å²) in [6.07, 6.45) is 1.68. The minimum absolute atomic E-state index is 0.533. The highest BCUT2D eigenvalue weighted by Gasteiger charge is 2.03. The van der Waals surface area contributed by atoms with Crippen molar-refractivity contribution in [3.63, 3.8) is 0 Å².